The van der Waals surface area contributed by atoms with E-state index in [1.54, 1.807) is 0 Å². The first-order valence-electron chi connectivity index (χ1n) is 7.39. The smallest absolute Gasteiger partial charge is 0.0428 e. The van der Waals surface area contributed by atoms with Gasteiger partial charge in [-0.3, -0.25) is 0 Å². The molecule has 19 heavy (non-hydrogen) atoms. The van der Waals surface area contributed by atoms with Crippen molar-refractivity contribution in [1.82, 2.24) is 0 Å². The van der Waals surface area contributed by atoms with Crippen molar-refractivity contribution in [3.8, 4) is 0 Å². The van der Waals surface area contributed by atoms with Crippen molar-refractivity contribution in [3.63, 3.8) is 0 Å². The zero-order valence-corrected chi connectivity index (χ0v) is 13.1. The Balaban J connectivity index is 2.31. The minimum Gasteiger partial charge on any atom is -0.374 e. The van der Waals surface area contributed by atoms with Crippen LogP contribution in [0.25, 0.3) is 0 Å². The second-order valence-electron chi connectivity index (χ2n) is 6.52. The van der Waals surface area contributed by atoms with Crippen LogP contribution < -0.4 is 10.6 Å². The lowest BCUT2D eigenvalue weighted by Crippen LogP contribution is -2.46. The Bertz CT molecular complexity index is 441. The summed E-state index contributed by atoms with van der Waals surface area (Å²) in [4.78, 5) is 2.44. The number of nitrogens with two attached hydrogens (primary N) is 1. The molecule has 1 aliphatic rings. The van der Waals surface area contributed by atoms with E-state index in [2.05, 4.69) is 45.7 Å². The third kappa shape index (κ3) is 2.51. The van der Waals surface area contributed by atoms with Crippen molar-refractivity contribution >= 4 is 5.69 Å². The van der Waals surface area contributed by atoms with E-state index in [0.717, 1.165) is 13.1 Å². The summed E-state index contributed by atoms with van der Waals surface area (Å²) >= 11 is 0. The van der Waals surface area contributed by atoms with E-state index in [-0.39, 0.29) is 0 Å². The van der Waals surface area contributed by atoms with E-state index in [4.69, 9.17) is 5.73 Å². The number of benzene rings is 1. The highest BCUT2D eigenvalue weighted by atomic mass is 15.1. The minimum absolute atomic E-state index is 0.366. The van der Waals surface area contributed by atoms with Crippen molar-refractivity contribution in [3.05, 3.63) is 28.3 Å². The molecular formula is C17H28N2. The molecule has 1 fully saturated rings. The second kappa shape index (κ2) is 5.16. The number of hydrogen-bond acceptors (Lipinski definition) is 2. The molecule has 0 radical (unpaired) electrons. The summed E-state index contributed by atoms with van der Waals surface area (Å²) in [5.41, 5.74) is 13.4. The van der Waals surface area contributed by atoms with Crippen LogP contribution >= 0.6 is 0 Å². The van der Waals surface area contributed by atoms with Crippen LogP contribution in [0.5, 0.6) is 0 Å². The summed E-state index contributed by atoms with van der Waals surface area (Å²) in [6.07, 6.45) is 3.92. The number of aryl methyl sites for hydroxylation is 2. The van der Waals surface area contributed by atoms with Gasteiger partial charge < -0.3 is 10.6 Å². The average molecular weight is 260 g/mol. The van der Waals surface area contributed by atoms with Gasteiger partial charge in [0.2, 0.25) is 0 Å². The summed E-state index contributed by atoms with van der Waals surface area (Å²) in [7, 11) is 2.23. The number of hydrogen-bond donors (Lipinski definition) is 1. The van der Waals surface area contributed by atoms with Crippen molar-refractivity contribution in [2.75, 3.05) is 25.0 Å². The molecule has 1 saturated carbocycles. The summed E-state index contributed by atoms with van der Waals surface area (Å²) in [5, 5.41) is 0. The minimum atomic E-state index is 0.366. The van der Waals surface area contributed by atoms with Gasteiger partial charge in [0, 0.05) is 24.7 Å². The van der Waals surface area contributed by atoms with E-state index in [0.29, 0.717) is 5.41 Å². The van der Waals surface area contributed by atoms with Crippen molar-refractivity contribution < 1.29 is 0 Å². The van der Waals surface area contributed by atoms with Crippen molar-refractivity contribution in [1.29, 1.82) is 0 Å². The molecule has 0 amide bonds. The largest absolute Gasteiger partial charge is 0.374 e. The summed E-state index contributed by atoms with van der Waals surface area (Å²) in [5.74, 6) is 0. The average Bonchev–Trinajstić information content (AvgIpc) is 2.32. The molecule has 0 spiro atoms. The van der Waals surface area contributed by atoms with Gasteiger partial charge in [0.25, 0.3) is 0 Å². The Hall–Kier alpha value is -1.02. The van der Waals surface area contributed by atoms with Crippen LogP contribution in [0.2, 0.25) is 0 Å². The molecule has 0 aromatic heterocycles. The van der Waals surface area contributed by atoms with Crippen LogP contribution in [0.1, 0.15) is 41.5 Å². The predicted molar refractivity (Wildman–Crippen MR) is 84.0 cm³/mol. The highest BCUT2D eigenvalue weighted by molar-refractivity contribution is 5.63. The lowest BCUT2D eigenvalue weighted by Gasteiger charge is -2.44. The molecule has 0 aliphatic heterocycles. The summed E-state index contributed by atoms with van der Waals surface area (Å²) in [6, 6.07) is 2.30. The van der Waals surface area contributed by atoms with Gasteiger partial charge in [-0.05, 0) is 69.3 Å². The van der Waals surface area contributed by atoms with Crippen LogP contribution in [0, 0.1) is 33.1 Å². The van der Waals surface area contributed by atoms with Gasteiger partial charge in [0.1, 0.15) is 0 Å². The molecule has 0 bridgehead atoms. The maximum Gasteiger partial charge on any atom is 0.0428 e. The maximum atomic E-state index is 6.00. The first kappa shape index (κ1) is 14.4. The normalized spacial score (nSPS) is 17.2. The standard InChI is InChI=1S/C17H28N2/c1-12-9-13(2)15(4)16(14(12)3)19(5)11-17(10-18)7-6-8-17/h9H,6-8,10-11,18H2,1-5H3. The van der Waals surface area contributed by atoms with E-state index in [1.807, 2.05) is 0 Å². The van der Waals surface area contributed by atoms with Crippen molar-refractivity contribution in [2.24, 2.45) is 11.1 Å². The molecule has 0 heterocycles. The molecule has 106 valence electrons. The van der Waals surface area contributed by atoms with Crippen LogP contribution in [0.3, 0.4) is 0 Å². The number of nitrogens with zero attached hydrogens (tertiary/aromatic N) is 1. The van der Waals surface area contributed by atoms with E-state index in [1.165, 1.54) is 47.2 Å². The van der Waals surface area contributed by atoms with Crippen LogP contribution in [-0.4, -0.2) is 20.1 Å². The SMILES string of the molecule is Cc1cc(C)c(C)c(N(C)CC2(CN)CCC2)c1C. The molecule has 1 aromatic rings. The summed E-state index contributed by atoms with van der Waals surface area (Å²) in [6.45, 7) is 10.8. The fourth-order valence-electron chi connectivity index (χ4n) is 3.45. The molecule has 1 aromatic carbocycles. The van der Waals surface area contributed by atoms with Crippen LogP contribution in [0.4, 0.5) is 5.69 Å². The Morgan fingerprint density at radius 2 is 1.63 bits per heavy atom. The fourth-order valence-corrected chi connectivity index (χ4v) is 3.45. The molecule has 2 rings (SSSR count). The molecule has 1 aliphatic carbocycles. The Kier molecular flexibility index (Phi) is 3.91. The molecule has 2 heteroatoms. The first-order chi connectivity index (χ1) is 8.90. The molecule has 2 N–H and O–H groups in total. The van der Waals surface area contributed by atoms with Gasteiger partial charge in [-0.15, -0.1) is 0 Å². The van der Waals surface area contributed by atoms with Crippen molar-refractivity contribution in [2.45, 2.75) is 47.0 Å². The molecule has 0 atom stereocenters. The van der Waals surface area contributed by atoms with Crippen LogP contribution in [-0.2, 0) is 0 Å². The Morgan fingerprint density at radius 1 is 1.11 bits per heavy atom. The van der Waals surface area contributed by atoms with E-state index < -0.39 is 0 Å². The van der Waals surface area contributed by atoms with Gasteiger partial charge in [-0.2, -0.15) is 0 Å². The van der Waals surface area contributed by atoms with Gasteiger partial charge >= 0.3 is 0 Å². The zero-order valence-electron chi connectivity index (χ0n) is 13.1. The molecule has 0 unspecified atom stereocenters. The summed E-state index contributed by atoms with van der Waals surface area (Å²) < 4.78 is 0. The van der Waals surface area contributed by atoms with Gasteiger partial charge in [0.05, 0.1) is 0 Å². The number of anilines is 1. The molecule has 2 nitrogen and oxygen atoms in total. The monoisotopic (exact) mass is 260 g/mol. The Labute approximate surface area is 118 Å². The number of rotatable bonds is 4. The molecule has 0 saturated heterocycles. The second-order valence-corrected chi connectivity index (χ2v) is 6.52. The van der Waals surface area contributed by atoms with Crippen LogP contribution in [0.15, 0.2) is 6.07 Å². The highest BCUT2D eigenvalue weighted by Gasteiger charge is 2.37. The maximum absolute atomic E-state index is 6.00. The van der Waals surface area contributed by atoms with Gasteiger partial charge in [-0.1, -0.05) is 12.5 Å². The Morgan fingerprint density at radius 3 is 2.00 bits per heavy atom. The lowest BCUT2D eigenvalue weighted by molar-refractivity contribution is 0.154. The first-order valence-corrected chi connectivity index (χ1v) is 7.39. The lowest BCUT2D eigenvalue weighted by atomic mass is 9.68. The van der Waals surface area contributed by atoms with E-state index >= 15 is 0 Å². The third-order valence-corrected chi connectivity index (χ3v) is 5.13. The highest BCUT2D eigenvalue weighted by Crippen LogP contribution is 2.42. The molecular weight excluding hydrogens is 232 g/mol. The zero-order chi connectivity index (χ0) is 14.2. The third-order valence-electron chi connectivity index (χ3n) is 5.13. The van der Waals surface area contributed by atoms with Gasteiger partial charge in [-0.25, -0.2) is 0 Å². The topological polar surface area (TPSA) is 29.3 Å². The fraction of sp³-hybridized carbons (Fsp3) is 0.647. The quantitative estimate of drug-likeness (QED) is 0.898. The van der Waals surface area contributed by atoms with E-state index in [9.17, 15) is 0 Å². The van der Waals surface area contributed by atoms with Gasteiger partial charge in [0.15, 0.2) is 0 Å². The predicted octanol–water partition coefficient (Wildman–Crippen LogP) is 3.49.